The van der Waals surface area contributed by atoms with Crippen LogP contribution in [0.2, 0.25) is 0 Å². The molecule has 6 aromatic carbocycles. The molecule has 0 unspecified atom stereocenters. The lowest BCUT2D eigenvalue weighted by Crippen LogP contribution is -2.03. The minimum Gasteiger partial charge on any atom is -0.505 e. The standard InChI is InChI=1S/C42H30N12O9/c1-58-22-4-10-28-31(16-22)49-52(46-28)34-13-7-25(19-37(34)55)61-40-43-41(62-26-8-14-35(38(56)20-26)53-47-29-11-5-23(59-2)17-32(29)50-53)45-42(44-40)63-27-9-15-36(39(57)21-27)54-48-30-12-6-24(60-3)18-33(30)51-54/h4-21,55-57H,1-3H3. The number of hydrogen-bond donors (Lipinski definition) is 3. The topological polar surface area (TPSA) is 247 Å². The number of hydrogen-bond acceptors (Lipinski definition) is 18. The van der Waals surface area contributed by atoms with Gasteiger partial charge in [0.05, 0.1) is 21.3 Å². The van der Waals surface area contributed by atoms with E-state index in [4.69, 9.17) is 28.4 Å². The molecule has 63 heavy (non-hydrogen) atoms. The first kappa shape index (κ1) is 38.0. The Morgan fingerprint density at radius 2 is 0.603 bits per heavy atom. The molecule has 0 aliphatic heterocycles. The van der Waals surface area contributed by atoms with Crippen LogP contribution in [0, 0.1) is 0 Å². The van der Waals surface area contributed by atoms with Gasteiger partial charge in [0, 0.05) is 36.4 Å². The lowest BCUT2D eigenvalue weighted by atomic mass is 10.3. The second-order valence-corrected chi connectivity index (χ2v) is 13.5. The van der Waals surface area contributed by atoms with Crippen LogP contribution in [0.3, 0.4) is 0 Å². The van der Waals surface area contributed by atoms with Crippen molar-refractivity contribution >= 4 is 33.1 Å². The highest BCUT2D eigenvalue weighted by Gasteiger charge is 2.19. The summed E-state index contributed by atoms with van der Waals surface area (Å²) in [5, 5.41) is 59.9. The molecule has 4 aromatic heterocycles. The quantitative estimate of drug-likeness (QED) is 0.117. The van der Waals surface area contributed by atoms with E-state index in [1.165, 1.54) is 32.6 Å². The molecule has 0 saturated heterocycles. The number of methoxy groups -OCH3 is 3. The Kier molecular flexibility index (Phi) is 9.28. The highest BCUT2D eigenvalue weighted by molar-refractivity contribution is 5.77. The van der Waals surface area contributed by atoms with Crippen molar-refractivity contribution in [2.45, 2.75) is 0 Å². The van der Waals surface area contributed by atoms with Gasteiger partial charge in [0.1, 0.15) is 102 Å². The zero-order valence-corrected chi connectivity index (χ0v) is 33.0. The predicted octanol–water partition coefficient (Wildman–Crippen LogP) is 6.59. The highest BCUT2D eigenvalue weighted by Crippen LogP contribution is 2.35. The molecule has 0 fully saturated rings. The number of rotatable bonds is 12. The van der Waals surface area contributed by atoms with Gasteiger partial charge in [-0.25, -0.2) is 0 Å². The molecule has 0 saturated carbocycles. The van der Waals surface area contributed by atoms with Crippen LogP contribution in [0.4, 0.5) is 0 Å². The average Bonchev–Trinajstić information content (AvgIpc) is 4.02. The first-order valence-corrected chi connectivity index (χ1v) is 18.7. The molecule has 21 heteroatoms. The highest BCUT2D eigenvalue weighted by atomic mass is 16.5. The summed E-state index contributed by atoms with van der Waals surface area (Å²) < 4.78 is 33.8. The van der Waals surface area contributed by atoms with Crippen molar-refractivity contribution < 1.29 is 43.7 Å². The molecular formula is C42H30N12O9. The number of aromatic nitrogens is 12. The summed E-state index contributed by atoms with van der Waals surface area (Å²) >= 11 is 0. The molecule has 312 valence electrons. The van der Waals surface area contributed by atoms with Gasteiger partial charge in [0.15, 0.2) is 0 Å². The fourth-order valence-corrected chi connectivity index (χ4v) is 6.37. The van der Waals surface area contributed by atoms with Gasteiger partial charge in [0.2, 0.25) is 0 Å². The zero-order chi connectivity index (χ0) is 43.2. The van der Waals surface area contributed by atoms with E-state index in [-0.39, 0.29) is 69.6 Å². The summed E-state index contributed by atoms with van der Waals surface area (Å²) in [6.07, 6.45) is 0. The normalized spacial score (nSPS) is 11.3. The van der Waals surface area contributed by atoms with Gasteiger partial charge in [-0.1, -0.05) is 0 Å². The minimum atomic E-state index is -0.301. The lowest BCUT2D eigenvalue weighted by molar-refractivity contribution is 0.359. The number of ether oxygens (including phenoxy) is 6. The first-order valence-electron chi connectivity index (χ1n) is 18.7. The van der Waals surface area contributed by atoms with Gasteiger partial charge in [-0.3, -0.25) is 0 Å². The van der Waals surface area contributed by atoms with Crippen molar-refractivity contribution in [2.24, 2.45) is 0 Å². The van der Waals surface area contributed by atoms with Crippen LogP contribution in [0.5, 0.6) is 69.8 Å². The van der Waals surface area contributed by atoms with Gasteiger partial charge < -0.3 is 43.7 Å². The summed E-state index contributed by atoms with van der Waals surface area (Å²) in [4.78, 5) is 16.8. The molecule has 0 atom stereocenters. The number of benzene rings is 6. The van der Waals surface area contributed by atoms with E-state index in [1.807, 2.05) is 0 Å². The van der Waals surface area contributed by atoms with Crippen LogP contribution in [0.1, 0.15) is 0 Å². The third kappa shape index (κ3) is 7.48. The van der Waals surface area contributed by atoms with Gasteiger partial charge in [-0.2, -0.15) is 0 Å². The Bertz CT molecular complexity index is 3010. The average molecular weight is 847 g/mol. The molecule has 0 spiro atoms. The monoisotopic (exact) mass is 846 g/mol. The minimum absolute atomic E-state index is 0.121. The molecular weight excluding hydrogens is 817 g/mol. The molecule has 0 radical (unpaired) electrons. The predicted molar refractivity (Wildman–Crippen MR) is 221 cm³/mol. The van der Waals surface area contributed by atoms with Gasteiger partial charge >= 0.3 is 18.0 Å². The van der Waals surface area contributed by atoms with Crippen LogP contribution in [0.25, 0.3) is 50.2 Å². The number of phenols is 3. The second kappa shape index (κ2) is 15.4. The maximum atomic E-state index is 11.1. The molecule has 10 rings (SSSR count). The van der Waals surface area contributed by atoms with Crippen LogP contribution in [-0.4, -0.2) is 96.6 Å². The number of phenolic OH excluding ortho intramolecular Hbond substituents is 3. The van der Waals surface area contributed by atoms with E-state index in [2.05, 4.69) is 45.5 Å². The number of aromatic hydroxyl groups is 3. The van der Waals surface area contributed by atoms with Crippen molar-refractivity contribution in [2.75, 3.05) is 21.3 Å². The Labute approximate surface area is 353 Å². The van der Waals surface area contributed by atoms with Crippen molar-refractivity contribution in [1.82, 2.24) is 59.9 Å². The molecule has 0 aliphatic carbocycles. The van der Waals surface area contributed by atoms with Crippen molar-refractivity contribution in [3.8, 4) is 86.8 Å². The van der Waals surface area contributed by atoms with Crippen molar-refractivity contribution in [3.63, 3.8) is 0 Å². The summed E-state index contributed by atoms with van der Waals surface area (Å²) in [5.74, 6) is 1.54. The Morgan fingerprint density at radius 1 is 0.333 bits per heavy atom. The van der Waals surface area contributed by atoms with E-state index in [0.29, 0.717) is 50.3 Å². The second-order valence-electron chi connectivity index (χ2n) is 13.5. The van der Waals surface area contributed by atoms with Gasteiger partial charge in [-0.05, 0) is 72.8 Å². The fourth-order valence-electron chi connectivity index (χ4n) is 6.37. The maximum Gasteiger partial charge on any atom is 0.331 e. The van der Waals surface area contributed by atoms with Crippen LogP contribution < -0.4 is 28.4 Å². The molecule has 0 amide bonds. The maximum absolute atomic E-state index is 11.1. The number of fused-ring (bicyclic) bond motifs is 3. The smallest absolute Gasteiger partial charge is 0.331 e. The summed E-state index contributed by atoms with van der Waals surface area (Å²) in [6, 6.07) is 28.1. The lowest BCUT2D eigenvalue weighted by Gasteiger charge is -2.11. The van der Waals surface area contributed by atoms with Crippen LogP contribution in [0.15, 0.2) is 109 Å². The molecule has 4 heterocycles. The molecule has 0 aliphatic rings. The fraction of sp³-hybridized carbons (Fsp3) is 0.0714. The van der Waals surface area contributed by atoms with E-state index < -0.39 is 0 Å². The first-order chi connectivity index (χ1) is 30.7. The summed E-state index contributed by atoms with van der Waals surface area (Å²) in [6.45, 7) is 0. The SMILES string of the molecule is COc1ccc2nn(-c3ccc(Oc4nc(Oc5ccc(-n6nc7ccc(OC)cc7n6)c(O)c5)nc(Oc5ccc(-n6nc7ccc(OC)cc7n6)c(O)c5)n4)cc3O)nc2c1. The van der Waals surface area contributed by atoms with Crippen LogP contribution in [-0.2, 0) is 0 Å². The number of nitrogens with zero attached hydrogens (tertiary/aromatic N) is 12. The molecule has 21 nitrogen and oxygen atoms in total. The molecule has 10 aromatic rings. The van der Waals surface area contributed by atoms with E-state index in [1.54, 1.807) is 112 Å². The Morgan fingerprint density at radius 3 is 0.873 bits per heavy atom. The van der Waals surface area contributed by atoms with E-state index in [0.717, 1.165) is 0 Å². The van der Waals surface area contributed by atoms with Gasteiger partial charge in [-0.15, -0.1) is 59.9 Å². The Balaban J connectivity index is 0.949. The van der Waals surface area contributed by atoms with E-state index in [9.17, 15) is 15.3 Å². The van der Waals surface area contributed by atoms with Crippen LogP contribution >= 0.6 is 0 Å². The summed E-state index contributed by atoms with van der Waals surface area (Å²) in [7, 11) is 4.66. The third-order valence-electron chi connectivity index (χ3n) is 9.45. The van der Waals surface area contributed by atoms with Gasteiger partial charge in [0.25, 0.3) is 0 Å². The molecule has 0 bridgehead atoms. The van der Waals surface area contributed by atoms with Crippen molar-refractivity contribution in [3.05, 3.63) is 109 Å². The molecule has 3 N–H and O–H groups in total. The van der Waals surface area contributed by atoms with Crippen molar-refractivity contribution in [1.29, 1.82) is 0 Å². The third-order valence-corrected chi connectivity index (χ3v) is 9.45. The van der Waals surface area contributed by atoms with E-state index >= 15 is 0 Å². The zero-order valence-electron chi connectivity index (χ0n) is 33.0. The Hall–Kier alpha value is -9.27. The largest absolute Gasteiger partial charge is 0.505 e. The summed E-state index contributed by atoms with van der Waals surface area (Å²) in [5.41, 5.74) is 4.25.